The molecule has 0 heterocycles. The predicted molar refractivity (Wildman–Crippen MR) is 88.1 cm³/mol. The zero-order chi connectivity index (χ0) is 14.4. The molecule has 0 spiro atoms. The van der Waals surface area contributed by atoms with E-state index in [9.17, 15) is 4.79 Å². The molecule has 0 atom stereocenters. The first-order valence-electron chi connectivity index (χ1n) is 7.44. The third kappa shape index (κ3) is 4.35. The van der Waals surface area contributed by atoms with Gasteiger partial charge >= 0.3 is 0 Å². The molecule has 1 saturated carbocycles. The normalized spacial score (nSPS) is 16.1. The molecule has 5 heteroatoms. The van der Waals surface area contributed by atoms with Gasteiger partial charge in [0, 0.05) is 18.3 Å². The van der Waals surface area contributed by atoms with Gasteiger partial charge in [-0.15, -0.1) is 12.4 Å². The van der Waals surface area contributed by atoms with Crippen LogP contribution in [0.5, 0.6) is 5.75 Å². The van der Waals surface area contributed by atoms with Crippen molar-refractivity contribution in [1.82, 2.24) is 0 Å². The number of rotatable bonds is 6. The van der Waals surface area contributed by atoms with Crippen LogP contribution >= 0.6 is 12.4 Å². The first kappa shape index (κ1) is 17.8. The van der Waals surface area contributed by atoms with E-state index in [0.29, 0.717) is 13.2 Å². The molecule has 1 aliphatic rings. The van der Waals surface area contributed by atoms with Crippen LogP contribution in [-0.4, -0.2) is 19.1 Å². The van der Waals surface area contributed by atoms with Gasteiger partial charge in [0.2, 0.25) is 5.91 Å². The van der Waals surface area contributed by atoms with Crippen molar-refractivity contribution in [2.75, 3.05) is 18.5 Å². The summed E-state index contributed by atoms with van der Waals surface area (Å²) in [6, 6.07) is 7.55. The van der Waals surface area contributed by atoms with E-state index in [-0.39, 0.29) is 23.7 Å². The Morgan fingerprint density at radius 3 is 2.71 bits per heavy atom. The summed E-state index contributed by atoms with van der Waals surface area (Å²) >= 11 is 0. The highest BCUT2D eigenvalue weighted by Gasteiger charge is 2.39. The molecule has 0 unspecified atom stereocenters. The van der Waals surface area contributed by atoms with E-state index in [1.807, 2.05) is 24.3 Å². The summed E-state index contributed by atoms with van der Waals surface area (Å²) in [6.45, 7) is 3.17. The minimum atomic E-state index is -0.375. The van der Waals surface area contributed by atoms with E-state index in [1.54, 1.807) is 0 Å². The largest absolute Gasteiger partial charge is 0.494 e. The quantitative estimate of drug-likeness (QED) is 0.846. The zero-order valence-electron chi connectivity index (χ0n) is 12.6. The maximum absolute atomic E-state index is 12.5. The van der Waals surface area contributed by atoms with E-state index < -0.39 is 0 Å². The molecule has 1 aliphatic carbocycles. The molecule has 3 N–H and O–H groups in total. The molecule has 118 valence electrons. The molecule has 0 saturated heterocycles. The molecule has 0 aromatic heterocycles. The lowest BCUT2D eigenvalue weighted by Crippen LogP contribution is -2.40. The SMILES string of the molecule is CCCOc1cccc(NC(=O)C2(CN)CCCC2)c1.Cl. The van der Waals surface area contributed by atoms with Gasteiger partial charge in [0.15, 0.2) is 0 Å². The number of nitrogens with one attached hydrogen (secondary N) is 1. The number of benzene rings is 1. The van der Waals surface area contributed by atoms with Gasteiger partial charge < -0.3 is 15.8 Å². The van der Waals surface area contributed by atoms with Crippen molar-refractivity contribution in [3.63, 3.8) is 0 Å². The highest BCUT2D eigenvalue weighted by atomic mass is 35.5. The lowest BCUT2D eigenvalue weighted by atomic mass is 9.85. The maximum Gasteiger partial charge on any atom is 0.231 e. The Kier molecular flexibility index (Phi) is 6.99. The second kappa shape index (κ2) is 8.25. The lowest BCUT2D eigenvalue weighted by molar-refractivity contribution is -0.124. The Labute approximate surface area is 132 Å². The summed E-state index contributed by atoms with van der Waals surface area (Å²) in [6.07, 6.45) is 4.92. The van der Waals surface area contributed by atoms with Crippen LogP contribution in [0.1, 0.15) is 39.0 Å². The van der Waals surface area contributed by atoms with Gasteiger partial charge in [0.25, 0.3) is 0 Å². The molecule has 0 bridgehead atoms. The third-order valence-corrected chi connectivity index (χ3v) is 4.00. The second-order valence-electron chi connectivity index (χ2n) is 5.52. The number of amides is 1. The number of carbonyl (C=O) groups excluding carboxylic acids is 1. The van der Waals surface area contributed by atoms with Gasteiger partial charge in [-0.25, -0.2) is 0 Å². The minimum absolute atomic E-state index is 0. The molecule has 1 amide bonds. The van der Waals surface area contributed by atoms with Crippen LogP contribution < -0.4 is 15.8 Å². The monoisotopic (exact) mass is 312 g/mol. The number of hydrogen-bond donors (Lipinski definition) is 2. The van der Waals surface area contributed by atoms with Crippen LogP contribution in [0, 0.1) is 5.41 Å². The number of carbonyl (C=O) groups is 1. The van der Waals surface area contributed by atoms with Crippen LogP contribution in [0.3, 0.4) is 0 Å². The molecule has 1 aromatic rings. The summed E-state index contributed by atoms with van der Waals surface area (Å²) in [7, 11) is 0. The molecule has 0 aliphatic heterocycles. The van der Waals surface area contributed by atoms with Gasteiger partial charge in [-0.2, -0.15) is 0 Å². The third-order valence-electron chi connectivity index (χ3n) is 4.00. The van der Waals surface area contributed by atoms with Crippen molar-refractivity contribution in [3.8, 4) is 5.75 Å². The first-order valence-corrected chi connectivity index (χ1v) is 7.44. The van der Waals surface area contributed by atoms with E-state index in [1.165, 1.54) is 0 Å². The van der Waals surface area contributed by atoms with Crippen molar-refractivity contribution in [1.29, 1.82) is 0 Å². The van der Waals surface area contributed by atoms with E-state index in [0.717, 1.165) is 43.5 Å². The van der Waals surface area contributed by atoms with Crippen LogP contribution in [0.4, 0.5) is 5.69 Å². The van der Waals surface area contributed by atoms with Crippen LogP contribution in [0.15, 0.2) is 24.3 Å². The first-order chi connectivity index (χ1) is 9.70. The van der Waals surface area contributed by atoms with Crippen molar-refractivity contribution >= 4 is 24.0 Å². The number of nitrogens with two attached hydrogens (primary N) is 1. The highest BCUT2D eigenvalue weighted by molar-refractivity contribution is 5.95. The molecular weight excluding hydrogens is 288 g/mol. The number of anilines is 1. The Balaban J connectivity index is 0.00000220. The fourth-order valence-corrected chi connectivity index (χ4v) is 2.72. The number of hydrogen-bond acceptors (Lipinski definition) is 3. The maximum atomic E-state index is 12.5. The number of ether oxygens (including phenoxy) is 1. The van der Waals surface area contributed by atoms with E-state index >= 15 is 0 Å². The van der Waals surface area contributed by atoms with Crippen molar-refractivity contribution in [2.24, 2.45) is 11.1 Å². The standard InChI is InChI=1S/C16H24N2O2.ClH/c1-2-10-20-14-7-5-6-13(11-14)18-15(19)16(12-17)8-3-4-9-16;/h5-7,11H,2-4,8-10,12,17H2,1H3,(H,18,19);1H. The minimum Gasteiger partial charge on any atom is -0.494 e. The Morgan fingerprint density at radius 1 is 1.38 bits per heavy atom. The molecular formula is C16H25ClN2O2. The van der Waals surface area contributed by atoms with Gasteiger partial charge in [0.1, 0.15) is 5.75 Å². The number of halogens is 1. The van der Waals surface area contributed by atoms with Crippen molar-refractivity contribution < 1.29 is 9.53 Å². The van der Waals surface area contributed by atoms with Gasteiger partial charge in [-0.1, -0.05) is 25.8 Å². The van der Waals surface area contributed by atoms with Crippen LogP contribution in [-0.2, 0) is 4.79 Å². The van der Waals surface area contributed by atoms with Gasteiger partial charge in [-0.05, 0) is 31.4 Å². The van der Waals surface area contributed by atoms with Gasteiger partial charge in [-0.3, -0.25) is 4.79 Å². The lowest BCUT2D eigenvalue weighted by Gasteiger charge is -2.25. The summed E-state index contributed by atoms with van der Waals surface area (Å²) in [5.74, 6) is 0.836. The molecule has 4 nitrogen and oxygen atoms in total. The fraction of sp³-hybridized carbons (Fsp3) is 0.562. The highest BCUT2D eigenvalue weighted by Crippen LogP contribution is 2.38. The summed E-state index contributed by atoms with van der Waals surface area (Å²) in [5, 5.41) is 2.99. The second-order valence-corrected chi connectivity index (χ2v) is 5.52. The Bertz CT molecular complexity index is 459. The predicted octanol–water partition coefficient (Wildman–Crippen LogP) is 3.35. The zero-order valence-corrected chi connectivity index (χ0v) is 13.4. The van der Waals surface area contributed by atoms with Gasteiger partial charge in [0.05, 0.1) is 12.0 Å². The van der Waals surface area contributed by atoms with Crippen molar-refractivity contribution in [2.45, 2.75) is 39.0 Å². The molecule has 2 rings (SSSR count). The molecule has 1 aromatic carbocycles. The average Bonchev–Trinajstić information content (AvgIpc) is 2.95. The smallest absolute Gasteiger partial charge is 0.231 e. The Hall–Kier alpha value is -1.26. The average molecular weight is 313 g/mol. The van der Waals surface area contributed by atoms with Crippen LogP contribution in [0.2, 0.25) is 0 Å². The summed E-state index contributed by atoms with van der Waals surface area (Å²) in [4.78, 5) is 12.5. The van der Waals surface area contributed by atoms with E-state index in [4.69, 9.17) is 10.5 Å². The summed E-state index contributed by atoms with van der Waals surface area (Å²) in [5.41, 5.74) is 6.24. The topological polar surface area (TPSA) is 64.3 Å². The molecule has 1 fully saturated rings. The summed E-state index contributed by atoms with van der Waals surface area (Å²) < 4.78 is 5.58. The van der Waals surface area contributed by atoms with Crippen molar-refractivity contribution in [3.05, 3.63) is 24.3 Å². The molecule has 21 heavy (non-hydrogen) atoms. The molecule has 0 radical (unpaired) electrons. The van der Waals surface area contributed by atoms with E-state index in [2.05, 4.69) is 12.2 Å². The van der Waals surface area contributed by atoms with Crippen LogP contribution in [0.25, 0.3) is 0 Å². The fourth-order valence-electron chi connectivity index (χ4n) is 2.72. The Morgan fingerprint density at radius 2 is 2.10 bits per heavy atom.